The molecule has 0 aromatic heterocycles. The van der Waals surface area contributed by atoms with Gasteiger partial charge in [0.1, 0.15) is 0 Å². The van der Waals surface area contributed by atoms with Crippen LogP contribution in [0.25, 0.3) is 0 Å². The molecule has 0 radical (unpaired) electrons. The van der Waals surface area contributed by atoms with Crippen molar-refractivity contribution in [1.82, 2.24) is 5.32 Å². The van der Waals surface area contributed by atoms with Crippen molar-refractivity contribution in [1.29, 1.82) is 0 Å². The van der Waals surface area contributed by atoms with Crippen molar-refractivity contribution in [2.24, 2.45) is 46.3 Å². The van der Waals surface area contributed by atoms with Crippen molar-refractivity contribution >= 4 is 5.91 Å². The molecule has 11 atom stereocenters. The molecule has 6 nitrogen and oxygen atoms in total. The normalized spacial score (nSPS) is 49.5. The van der Waals surface area contributed by atoms with Crippen LogP contribution in [0.5, 0.6) is 0 Å². The van der Waals surface area contributed by atoms with E-state index in [0.29, 0.717) is 42.4 Å². The average Bonchev–Trinajstić information content (AvgIpc) is 3.30. The molecular formula is C30H44F3NO5. The van der Waals surface area contributed by atoms with Crippen LogP contribution < -0.4 is 5.32 Å². The number of hydrogen-bond acceptors (Lipinski definition) is 5. The highest BCUT2D eigenvalue weighted by Gasteiger charge is 2.68. The van der Waals surface area contributed by atoms with Gasteiger partial charge in [0.25, 0.3) is 5.91 Å². The number of halogens is 3. The molecule has 2 aliphatic heterocycles. The number of rotatable bonds is 2. The van der Waals surface area contributed by atoms with Crippen LogP contribution in [0.15, 0.2) is 11.6 Å². The lowest BCUT2D eigenvalue weighted by Gasteiger charge is -2.57. The summed E-state index contributed by atoms with van der Waals surface area (Å²) in [4.78, 5) is 12.1. The van der Waals surface area contributed by atoms with Gasteiger partial charge in [0.15, 0.2) is 5.79 Å². The molecule has 220 valence electrons. The van der Waals surface area contributed by atoms with Gasteiger partial charge < -0.3 is 25.0 Å². The van der Waals surface area contributed by atoms with Crippen molar-refractivity contribution < 1.29 is 37.7 Å². The number of hydrogen-bond donors (Lipinski definition) is 3. The smallest absolute Gasteiger partial charge is 0.351 e. The predicted octanol–water partition coefficient (Wildman–Crippen LogP) is 5.08. The second-order valence-electron chi connectivity index (χ2n) is 14.4. The maximum atomic E-state index is 12.9. The van der Waals surface area contributed by atoms with Gasteiger partial charge >= 0.3 is 12.0 Å². The van der Waals surface area contributed by atoms with E-state index in [4.69, 9.17) is 9.47 Å². The summed E-state index contributed by atoms with van der Waals surface area (Å²) in [6.07, 6.45) is 5.27. The maximum absolute atomic E-state index is 12.9. The minimum Gasteiger partial charge on any atom is -0.351 e. The van der Waals surface area contributed by atoms with Crippen molar-refractivity contribution in [3.8, 4) is 0 Å². The molecule has 4 aliphatic carbocycles. The second-order valence-corrected chi connectivity index (χ2v) is 14.4. The zero-order valence-electron chi connectivity index (χ0n) is 23.5. The Hall–Kier alpha value is -1.16. The van der Waals surface area contributed by atoms with E-state index in [1.54, 1.807) is 0 Å². The molecule has 39 heavy (non-hydrogen) atoms. The number of carbonyl (C=O) groups excluding carboxylic acids is 1. The molecule has 3 saturated carbocycles. The molecule has 5 fully saturated rings. The summed E-state index contributed by atoms with van der Waals surface area (Å²) >= 11 is 0. The minimum atomic E-state index is -5.44. The lowest BCUT2D eigenvalue weighted by Crippen LogP contribution is -2.60. The van der Waals surface area contributed by atoms with Gasteiger partial charge in [0, 0.05) is 18.4 Å². The van der Waals surface area contributed by atoms with E-state index in [1.807, 2.05) is 0 Å². The number of carbonyl (C=O) groups is 1. The Balaban J connectivity index is 1.17. The molecule has 0 aromatic carbocycles. The lowest BCUT2D eigenvalue weighted by atomic mass is 9.48. The van der Waals surface area contributed by atoms with Crippen LogP contribution in [-0.2, 0) is 14.3 Å². The van der Waals surface area contributed by atoms with Gasteiger partial charge in [-0.3, -0.25) is 4.79 Å². The third-order valence-corrected chi connectivity index (χ3v) is 12.3. The van der Waals surface area contributed by atoms with Crippen molar-refractivity contribution in [3.05, 3.63) is 11.6 Å². The first-order valence-electron chi connectivity index (χ1n) is 15.0. The maximum Gasteiger partial charge on any atom is 0.453 e. The highest BCUT2D eigenvalue weighted by molar-refractivity contribution is 5.84. The van der Waals surface area contributed by atoms with Gasteiger partial charge in [0.05, 0.1) is 12.7 Å². The first-order valence-corrected chi connectivity index (χ1v) is 15.0. The Morgan fingerprint density at radius 3 is 2.49 bits per heavy atom. The summed E-state index contributed by atoms with van der Waals surface area (Å²) in [5.41, 5.74) is 1.61. The Labute approximate surface area is 229 Å². The largest absolute Gasteiger partial charge is 0.453 e. The van der Waals surface area contributed by atoms with E-state index >= 15 is 0 Å². The van der Waals surface area contributed by atoms with Crippen LogP contribution in [-0.4, -0.2) is 52.6 Å². The standard InChI is InChI=1S/C30H44F3NO5/c1-16-7-12-28(38-15-16)17(2)24-23(39-28)14-22-20-6-5-18-13-19(34-25(35)29(36,37)30(31,32)33)8-10-26(18,3)21(20)9-11-27(22,24)4/h9,16-20,22-24,36-37H,5-8,10-15H2,1-4H3,(H,34,35)/t16-,17+,18+,19-,20-,22+,23+,24+,26+,27+,28-/m1/s1. The summed E-state index contributed by atoms with van der Waals surface area (Å²) in [5, 5.41) is 21.0. The summed E-state index contributed by atoms with van der Waals surface area (Å²) in [7, 11) is 0. The molecule has 2 saturated heterocycles. The summed E-state index contributed by atoms with van der Waals surface area (Å²) in [5.74, 6) is -3.93. The van der Waals surface area contributed by atoms with Crippen molar-refractivity contribution in [2.45, 2.75) is 115 Å². The molecule has 9 heteroatoms. The van der Waals surface area contributed by atoms with Gasteiger partial charge in [-0.25, -0.2) is 0 Å². The fraction of sp³-hybridized carbons (Fsp3) is 0.900. The number of alkyl halides is 3. The van der Waals surface area contributed by atoms with E-state index < -0.39 is 29.7 Å². The van der Waals surface area contributed by atoms with Crippen molar-refractivity contribution in [3.63, 3.8) is 0 Å². The van der Waals surface area contributed by atoms with Crippen LogP contribution in [0.4, 0.5) is 13.2 Å². The second kappa shape index (κ2) is 8.92. The van der Waals surface area contributed by atoms with E-state index in [2.05, 4.69) is 39.1 Å². The van der Waals surface area contributed by atoms with Crippen LogP contribution >= 0.6 is 0 Å². The topological polar surface area (TPSA) is 88.0 Å². The van der Waals surface area contributed by atoms with Crippen LogP contribution in [0.1, 0.15) is 85.5 Å². The van der Waals surface area contributed by atoms with E-state index in [-0.39, 0.29) is 22.9 Å². The van der Waals surface area contributed by atoms with Gasteiger partial charge in [-0.1, -0.05) is 39.3 Å². The Kier molecular flexibility index (Phi) is 6.40. The Morgan fingerprint density at radius 2 is 1.82 bits per heavy atom. The van der Waals surface area contributed by atoms with Gasteiger partial charge in [0.2, 0.25) is 0 Å². The highest BCUT2D eigenvalue weighted by atomic mass is 19.4. The fourth-order valence-electron chi connectivity index (χ4n) is 10.1. The minimum absolute atomic E-state index is 0.0565. The Morgan fingerprint density at radius 1 is 1.08 bits per heavy atom. The van der Waals surface area contributed by atoms with E-state index in [0.717, 1.165) is 51.6 Å². The lowest BCUT2D eigenvalue weighted by molar-refractivity contribution is -0.329. The predicted molar refractivity (Wildman–Crippen MR) is 137 cm³/mol. The zero-order valence-corrected chi connectivity index (χ0v) is 23.5. The molecule has 1 spiro atoms. The van der Waals surface area contributed by atoms with Gasteiger partial charge in [-0.15, -0.1) is 0 Å². The Bertz CT molecular complexity index is 1040. The third kappa shape index (κ3) is 3.99. The average molecular weight is 556 g/mol. The fourth-order valence-corrected chi connectivity index (χ4v) is 10.1. The molecule has 0 unspecified atom stereocenters. The zero-order chi connectivity index (χ0) is 28.2. The number of aliphatic hydroxyl groups is 2. The number of allylic oxidation sites excluding steroid dienone is 2. The van der Waals surface area contributed by atoms with Gasteiger partial charge in [-0.2, -0.15) is 13.2 Å². The molecule has 1 amide bonds. The third-order valence-electron chi connectivity index (χ3n) is 12.3. The molecule has 2 heterocycles. The van der Waals surface area contributed by atoms with Crippen molar-refractivity contribution in [2.75, 3.05) is 6.61 Å². The molecule has 6 rings (SSSR count). The highest BCUT2D eigenvalue weighted by Crippen LogP contribution is 2.69. The van der Waals surface area contributed by atoms with Gasteiger partial charge in [-0.05, 0) is 91.8 Å². The number of fused-ring (bicyclic) bond motifs is 7. The molecule has 0 aromatic rings. The van der Waals surface area contributed by atoms with E-state index in [1.165, 1.54) is 5.57 Å². The SMILES string of the molecule is C[C@@H]1CC[C@@]2(OC1)O[C@H]1C[C@H]3[C@@H]4CC[C@H]5C[C@H](NC(=O)C(O)(O)C(F)(F)F)CC[C@]5(C)C4=CC[C@]3(C)[C@H]1[C@@H]2C. The van der Waals surface area contributed by atoms with E-state index in [9.17, 15) is 28.2 Å². The number of nitrogens with one attached hydrogen (secondary N) is 1. The summed E-state index contributed by atoms with van der Waals surface area (Å²) in [6, 6.07) is -0.503. The quantitative estimate of drug-likeness (QED) is 0.327. The molecule has 6 aliphatic rings. The van der Waals surface area contributed by atoms with Crippen LogP contribution in [0.3, 0.4) is 0 Å². The molecular weight excluding hydrogens is 511 g/mol. The monoisotopic (exact) mass is 555 g/mol. The first kappa shape index (κ1) is 28.0. The number of amides is 1. The first-order chi connectivity index (χ1) is 18.1. The van der Waals surface area contributed by atoms with Crippen LogP contribution in [0, 0.1) is 46.3 Å². The molecule has 0 bridgehead atoms. The van der Waals surface area contributed by atoms with Crippen LogP contribution in [0.2, 0.25) is 0 Å². The summed E-state index contributed by atoms with van der Waals surface area (Å²) in [6.45, 7) is 10.1. The number of ether oxygens (including phenoxy) is 2. The summed E-state index contributed by atoms with van der Waals surface area (Å²) < 4.78 is 52.1. The molecule has 3 N–H and O–H groups in total.